The zero-order valence-electron chi connectivity index (χ0n) is 13.7. The number of nitrogens with zero attached hydrogens (tertiary/aromatic N) is 2. The third kappa shape index (κ3) is 9.05. The van der Waals surface area contributed by atoms with E-state index in [1.807, 2.05) is 23.1 Å². The number of halogens is 3. The van der Waals surface area contributed by atoms with Gasteiger partial charge in [-0.25, -0.2) is 4.98 Å². The van der Waals surface area contributed by atoms with Gasteiger partial charge in [0.25, 0.3) is 0 Å². The van der Waals surface area contributed by atoms with Gasteiger partial charge in [-0.05, 0) is 24.1 Å². The van der Waals surface area contributed by atoms with Crippen molar-refractivity contribution in [3.05, 3.63) is 59.2 Å². The van der Waals surface area contributed by atoms with Crippen molar-refractivity contribution in [1.29, 1.82) is 0 Å². The molecule has 5 nitrogen and oxygen atoms in total. The lowest BCUT2D eigenvalue weighted by atomic mass is 10.1. The molecule has 25 heavy (non-hydrogen) atoms. The Kier molecular flexibility index (Phi) is 12.2. The fraction of sp³-hybridized carbons (Fsp3) is 0.294. The van der Waals surface area contributed by atoms with Crippen molar-refractivity contribution < 1.29 is 4.79 Å². The Hall–Kier alpha value is -1.37. The fourth-order valence-corrected chi connectivity index (χ4v) is 2.33. The lowest BCUT2D eigenvalue weighted by molar-refractivity contribution is -0.117. The maximum Gasteiger partial charge on any atom is 0.239 e. The molecule has 0 radical (unpaired) electrons. The van der Waals surface area contributed by atoms with E-state index in [1.165, 1.54) is 11.8 Å². The van der Waals surface area contributed by atoms with E-state index in [-0.39, 0.29) is 37.3 Å². The van der Waals surface area contributed by atoms with Crippen LogP contribution in [-0.2, 0) is 11.2 Å². The number of rotatable bonds is 8. The standard InChI is InChI=1S/C17H21ClN4O.2ClH/c18-15-6-7-16(20-12-15)21-17(23)13-22(11-9-19)10-8-14-4-2-1-3-5-14;;/h1-7,12H,8-11,13,19H2,(H,20,21,23);2*1H. The molecule has 0 saturated carbocycles. The van der Waals surface area contributed by atoms with Crippen LogP contribution in [0.25, 0.3) is 0 Å². The third-order valence-electron chi connectivity index (χ3n) is 3.37. The largest absolute Gasteiger partial charge is 0.329 e. The van der Waals surface area contributed by atoms with Crippen LogP contribution in [-0.4, -0.2) is 42.0 Å². The molecule has 1 heterocycles. The van der Waals surface area contributed by atoms with Crippen molar-refractivity contribution in [2.45, 2.75) is 6.42 Å². The number of anilines is 1. The molecule has 0 bridgehead atoms. The summed E-state index contributed by atoms with van der Waals surface area (Å²) >= 11 is 5.78. The second kappa shape index (κ2) is 12.9. The third-order valence-corrected chi connectivity index (χ3v) is 3.59. The van der Waals surface area contributed by atoms with E-state index >= 15 is 0 Å². The van der Waals surface area contributed by atoms with Gasteiger partial charge in [0.1, 0.15) is 5.82 Å². The van der Waals surface area contributed by atoms with Gasteiger partial charge in [0, 0.05) is 25.8 Å². The van der Waals surface area contributed by atoms with Crippen molar-refractivity contribution in [1.82, 2.24) is 9.88 Å². The second-order valence-electron chi connectivity index (χ2n) is 5.21. The highest BCUT2D eigenvalue weighted by molar-refractivity contribution is 6.30. The minimum atomic E-state index is -0.110. The van der Waals surface area contributed by atoms with E-state index in [9.17, 15) is 4.79 Å². The molecule has 1 amide bonds. The topological polar surface area (TPSA) is 71.2 Å². The van der Waals surface area contributed by atoms with Gasteiger partial charge >= 0.3 is 0 Å². The summed E-state index contributed by atoms with van der Waals surface area (Å²) in [5, 5.41) is 3.30. The van der Waals surface area contributed by atoms with Crippen molar-refractivity contribution in [2.75, 3.05) is 31.5 Å². The predicted molar refractivity (Wildman–Crippen MR) is 108 cm³/mol. The number of hydrogen-bond donors (Lipinski definition) is 2. The molecule has 0 atom stereocenters. The van der Waals surface area contributed by atoms with Gasteiger partial charge in [0.05, 0.1) is 11.6 Å². The van der Waals surface area contributed by atoms with Gasteiger partial charge in [-0.3, -0.25) is 9.69 Å². The van der Waals surface area contributed by atoms with Crippen LogP contribution < -0.4 is 11.1 Å². The molecule has 0 unspecified atom stereocenters. The molecule has 8 heteroatoms. The Morgan fingerprint density at radius 1 is 1.12 bits per heavy atom. The number of pyridine rings is 1. The van der Waals surface area contributed by atoms with Crippen LogP contribution in [0.3, 0.4) is 0 Å². The zero-order chi connectivity index (χ0) is 16.5. The summed E-state index contributed by atoms with van der Waals surface area (Å²) in [5.74, 6) is 0.386. The molecule has 0 spiro atoms. The number of hydrogen-bond acceptors (Lipinski definition) is 4. The molecular formula is C17H23Cl3N4O. The van der Waals surface area contributed by atoms with Crippen LogP contribution >= 0.6 is 36.4 Å². The van der Waals surface area contributed by atoms with E-state index in [0.717, 1.165) is 13.0 Å². The number of nitrogens with one attached hydrogen (secondary N) is 1. The first kappa shape index (κ1) is 23.6. The van der Waals surface area contributed by atoms with Crippen molar-refractivity contribution in [3.8, 4) is 0 Å². The average Bonchev–Trinajstić information content (AvgIpc) is 2.56. The number of benzene rings is 1. The summed E-state index contributed by atoms with van der Waals surface area (Å²) in [7, 11) is 0. The first-order valence-electron chi connectivity index (χ1n) is 7.55. The first-order chi connectivity index (χ1) is 11.2. The monoisotopic (exact) mass is 404 g/mol. The molecule has 2 aromatic rings. The molecule has 0 aliphatic rings. The van der Waals surface area contributed by atoms with Crippen LogP contribution in [0.4, 0.5) is 5.82 Å². The molecular weight excluding hydrogens is 383 g/mol. The maximum absolute atomic E-state index is 12.1. The van der Waals surface area contributed by atoms with Crippen molar-refractivity contribution in [3.63, 3.8) is 0 Å². The Labute approximate surface area is 165 Å². The summed E-state index contributed by atoms with van der Waals surface area (Å²) in [5.41, 5.74) is 6.89. The highest BCUT2D eigenvalue weighted by Crippen LogP contribution is 2.09. The molecule has 2 rings (SSSR count). The van der Waals surface area contributed by atoms with Gasteiger partial charge in [-0.15, -0.1) is 24.8 Å². The number of nitrogens with two attached hydrogens (primary N) is 1. The molecule has 1 aromatic heterocycles. The first-order valence-corrected chi connectivity index (χ1v) is 7.93. The minimum Gasteiger partial charge on any atom is -0.329 e. The molecule has 3 N–H and O–H groups in total. The SMILES string of the molecule is Cl.Cl.NCCN(CCc1ccccc1)CC(=O)Nc1ccc(Cl)cn1. The number of carbonyl (C=O) groups is 1. The fourth-order valence-electron chi connectivity index (χ4n) is 2.22. The van der Waals surface area contributed by atoms with E-state index in [1.54, 1.807) is 12.1 Å². The van der Waals surface area contributed by atoms with Crippen molar-refractivity contribution >= 4 is 48.1 Å². The number of aromatic nitrogens is 1. The highest BCUT2D eigenvalue weighted by atomic mass is 35.5. The second-order valence-corrected chi connectivity index (χ2v) is 5.65. The maximum atomic E-state index is 12.1. The summed E-state index contributed by atoms with van der Waals surface area (Å²) < 4.78 is 0. The smallest absolute Gasteiger partial charge is 0.239 e. The Bertz CT molecular complexity index is 611. The minimum absolute atomic E-state index is 0. The molecule has 0 aliphatic carbocycles. The van der Waals surface area contributed by atoms with Gasteiger partial charge in [0.15, 0.2) is 0 Å². The summed E-state index contributed by atoms with van der Waals surface area (Å²) in [4.78, 5) is 18.2. The molecule has 138 valence electrons. The van der Waals surface area contributed by atoms with E-state index in [2.05, 4.69) is 22.4 Å². The van der Waals surface area contributed by atoms with Gasteiger partial charge in [-0.1, -0.05) is 41.9 Å². The van der Waals surface area contributed by atoms with Crippen LogP contribution in [0.2, 0.25) is 5.02 Å². The average molecular weight is 406 g/mol. The van der Waals surface area contributed by atoms with Gasteiger partial charge in [0.2, 0.25) is 5.91 Å². The van der Waals surface area contributed by atoms with Crippen LogP contribution in [0.15, 0.2) is 48.7 Å². The Balaban J connectivity index is 0.00000288. The number of amides is 1. The van der Waals surface area contributed by atoms with Crippen LogP contribution in [0.1, 0.15) is 5.56 Å². The molecule has 0 fully saturated rings. The van der Waals surface area contributed by atoms with Crippen LogP contribution in [0, 0.1) is 0 Å². The lowest BCUT2D eigenvalue weighted by Gasteiger charge is -2.20. The normalized spacial score (nSPS) is 9.88. The Morgan fingerprint density at radius 2 is 1.84 bits per heavy atom. The molecule has 0 aliphatic heterocycles. The van der Waals surface area contributed by atoms with E-state index in [0.29, 0.717) is 23.9 Å². The zero-order valence-corrected chi connectivity index (χ0v) is 16.1. The summed E-state index contributed by atoms with van der Waals surface area (Å²) in [6, 6.07) is 13.6. The summed E-state index contributed by atoms with van der Waals surface area (Å²) in [6.45, 7) is 2.26. The quantitative estimate of drug-likeness (QED) is 0.708. The molecule has 1 aromatic carbocycles. The summed E-state index contributed by atoms with van der Waals surface area (Å²) in [6.07, 6.45) is 2.39. The van der Waals surface area contributed by atoms with Crippen molar-refractivity contribution in [2.24, 2.45) is 5.73 Å². The lowest BCUT2D eigenvalue weighted by Crippen LogP contribution is -2.38. The van der Waals surface area contributed by atoms with E-state index in [4.69, 9.17) is 17.3 Å². The van der Waals surface area contributed by atoms with Gasteiger partial charge < -0.3 is 11.1 Å². The van der Waals surface area contributed by atoms with Crippen LogP contribution in [0.5, 0.6) is 0 Å². The highest BCUT2D eigenvalue weighted by Gasteiger charge is 2.11. The Morgan fingerprint density at radius 3 is 2.44 bits per heavy atom. The number of carbonyl (C=O) groups excluding carboxylic acids is 1. The van der Waals surface area contributed by atoms with E-state index < -0.39 is 0 Å². The van der Waals surface area contributed by atoms with Gasteiger partial charge in [-0.2, -0.15) is 0 Å². The molecule has 0 saturated heterocycles. The predicted octanol–water partition coefficient (Wildman–Crippen LogP) is 3.02.